The molecule has 180 valence electrons. The molecule has 0 amide bonds. The Morgan fingerprint density at radius 3 is 1.53 bits per heavy atom. The molecular weight excluding hydrogens is 435 g/mol. The van der Waals surface area contributed by atoms with Crippen LogP contribution >= 0.6 is 0 Å². The van der Waals surface area contributed by atoms with Crippen LogP contribution in [0.3, 0.4) is 0 Å². The highest BCUT2D eigenvalue weighted by Crippen LogP contribution is 2.48. The van der Waals surface area contributed by atoms with Gasteiger partial charge in [-0.25, -0.2) is 0 Å². The quantitative estimate of drug-likeness (QED) is 0.258. The van der Waals surface area contributed by atoms with E-state index in [2.05, 4.69) is 110 Å². The summed E-state index contributed by atoms with van der Waals surface area (Å²) in [7, 11) is 0. The SMILES string of the molecule is Cc1cc(C)c(B(c2ccc3c(c2)C(C)(C)c2cc(C=O)ccc2-3)c2c(C)cc(C)cc2C)c(C)c1. The van der Waals surface area contributed by atoms with E-state index in [0.717, 1.165) is 11.8 Å². The second kappa shape index (κ2) is 8.62. The van der Waals surface area contributed by atoms with E-state index in [9.17, 15) is 4.79 Å². The van der Waals surface area contributed by atoms with Crippen LogP contribution in [0.1, 0.15) is 68.7 Å². The molecule has 4 aromatic carbocycles. The highest BCUT2D eigenvalue weighted by atomic mass is 16.1. The molecule has 0 spiro atoms. The summed E-state index contributed by atoms with van der Waals surface area (Å²) in [6.45, 7) is 18.1. The lowest BCUT2D eigenvalue weighted by molar-refractivity contribution is 0.112. The molecule has 0 aromatic heterocycles. The lowest BCUT2D eigenvalue weighted by Crippen LogP contribution is -2.56. The Bertz CT molecular complexity index is 1440. The van der Waals surface area contributed by atoms with E-state index >= 15 is 0 Å². The van der Waals surface area contributed by atoms with Crippen molar-refractivity contribution in [2.75, 3.05) is 0 Å². The number of hydrogen-bond acceptors (Lipinski definition) is 1. The summed E-state index contributed by atoms with van der Waals surface area (Å²) in [6.07, 6.45) is 0.951. The summed E-state index contributed by atoms with van der Waals surface area (Å²) in [5.41, 5.74) is 17.8. The van der Waals surface area contributed by atoms with E-state index in [0.29, 0.717) is 0 Å². The zero-order valence-electron chi connectivity index (χ0n) is 22.8. The third-order valence-corrected chi connectivity index (χ3v) is 8.25. The molecule has 5 rings (SSSR count). The predicted molar refractivity (Wildman–Crippen MR) is 155 cm³/mol. The fourth-order valence-corrected chi connectivity index (χ4v) is 6.80. The number of carbonyl (C=O) groups excluding carboxylic acids is 1. The van der Waals surface area contributed by atoms with Crippen molar-refractivity contribution in [2.24, 2.45) is 0 Å². The molecular formula is C34H35BO. The van der Waals surface area contributed by atoms with E-state index in [1.807, 2.05) is 6.07 Å². The predicted octanol–water partition coefficient (Wildman–Crippen LogP) is 6.17. The average molecular weight is 470 g/mol. The molecule has 36 heavy (non-hydrogen) atoms. The van der Waals surface area contributed by atoms with Crippen molar-refractivity contribution in [2.45, 2.75) is 60.8 Å². The molecule has 1 nitrogen and oxygen atoms in total. The number of carbonyl (C=O) groups is 1. The van der Waals surface area contributed by atoms with E-state index in [1.54, 1.807) is 0 Å². The Morgan fingerprint density at radius 1 is 0.611 bits per heavy atom. The number of benzene rings is 4. The van der Waals surface area contributed by atoms with Crippen molar-refractivity contribution in [1.82, 2.24) is 0 Å². The molecule has 0 unspecified atom stereocenters. The van der Waals surface area contributed by atoms with Crippen LogP contribution in [-0.4, -0.2) is 13.0 Å². The molecule has 0 radical (unpaired) electrons. The van der Waals surface area contributed by atoms with Gasteiger partial charge in [0.2, 0.25) is 6.71 Å². The molecule has 0 atom stereocenters. The maximum Gasteiger partial charge on any atom is 0.242 e. The topological polar surface area (TPSA) is 17.1 Å². The van der Waals surface area contributed by atoms with Crippen molar-refractivity contribution in [3.05, 3.63) is 111 Å². The first-order valence-corrected chi connectivity index (χ1v) is 12.9. The third-order valence-electron chi connectivity index (χ3n) is 8.25. The van der Waals surface area contributed by atoms with Crippen molar-refractivity contribution in [3.63, 3.8) is 0 Å². The van der Waals surface area contributed by atoms with Gasteiger partial charge in [0, 0.05) is 11.0 Å². The molecule has 0 bridgehead atoms. The second-order valence-corrected chi connectivity index (χ2v) is 11.4. The van der Waals surface area contributed by atoms with Crippen molar-refractivity contribution < 1.29 is 4.79 Å². The molecule has 1 aliphatic carbocycles. The monoisotopic (exact) mass is 470 g/mol. The van der Waals surface area contributed by atoms with E-state index < -0.39 is 0 Å². The van der Waals surface area contributed by atoms with Crippen LogP contribution in [0.5, 0.6) is 0 Å². The minimum atomic E-state index is -0.168. The van der Waals surface area contributed by atoms with Gasteiger partial charge in [-0.05, 0) is 69.9 Å². The number of aryl methyl sites for hydroxylation is 6. The molecule has 0 saturated heterocycles. The zero-order chi connectivity index (χ0) is 25.9. The van der Waals surface area contributed by atoms with Crippen molar-refractivity contribution in [3.8, 4) is 11.1 Å². The Balaban J connectivity index is 1.79. The first-order valence-electron chi connectivity index (χ1n) is 12.9. The maximum absolute atomic E-state index is 11.5. The fourth-order valence-electron chi connectivity index (χ4n) is 6.80. The lowest BCUT2D eigenvalue weighted by atomic mass is 9.34. The third kappa shape index (κ3) is 3.75. The van der Waals surface area contributed by atoms with Gasteiger partial charge in [-0.3, -0.25) is 4.79 Å². The Hall–Kier alpha value is -3.39. The number of fused-ring (bicyclic) bond motifs is 3. The van der Waals surface area contributed by atoms with Gasteiger partial charge in [0.1, 0.15) is 6.29 Å². The minimum absolute atomic E-state index is 0.154. The van der Waals surface area contributed by atoms with E-state index in [-0.39, 0.29) is 12.1 Å². The summed E-state index contributed by atoms with van der Waals surface area (Å²) in [5.74, 6) is 0. The number of aldehydes is 1. The number of rotatable bonds is 4. The van der Waals surface area contributed by atoms with Gasteiger partial charge in [0.15, 0.2) is 0 Å². The van der Waals surface area contributed by atoms with Gasteiger partial charge in [0.05, 0.1) is 0 Å². The Morgan fingerprint density at radius 2 is 1.06 bits per heavy atom. The van der Waals surface area contributed by atoms with Gasteiger partial charge in [0.25, 0.3) is 0 Å². The van der Waals surface area contributed by atoms with Crippen molar-refractivity contribution >= 4 is 29.4 Å². The standard InChI is InChI=1S/C34H35BO/c1-20-13-22(3)32(23(4)14-20)35(33-24(5)15-21(2)16-25(33)6)27-10-12-29-28-11-9-26(19-36)17-30(28)34(7,8)31(29)18-27/h9-19H,1-8H3. The zero-order valence-corrected chi connectivity index (χ0v) is 22.8. The van der Waals surface area contributed by atoms with Gasteiger partial charge in [-0.15, -0.1) is 0 Å². The first-order chi connectivity index (χ1) is 17.0. The molecule has 1 aliphatic rings. The normalized spacial score (nSPS) is 13.3. The first kappa shape index (κ1) is 24.3. The van der Waals surface area contributed by atoms with Crippen LogP contribution in [0, 0.1) is 41.5 Å². The summed E-state index contributed by atoms with van der Waals surface area (Å²) < 4.78 is 0. The second-order valence-electron chi connectivity index (χ2n) is 11.4. The van der Waals surface area contributed by atoms with Crippen LogP contribution in [0.25, 0.3) is 11.1 Å². The molecule has 0 heterocycles. The highest BCUT2D eigenvalue weighted by Gasteiger charge is 2.37. The van der Waals surface area contributed by atoms with Gasteiger partial charge in [-0.2, -0.15) is 0 Å². The Kier molecular flexibility index (Phi) is 5.83. The average Bonchev–Trinajstić information content (AvgIpc) is 3.02. The summed E-state index contributed by atoms with van der Waals surface area (Å²) in [4.78, 5) is 11.5. The largest absolute Gasteiger partial charge is 0.298 e. The lowest BCUT2D eigenvalue weighted by Gasteiger charge is -2.27. The summed E-state index contributed by atoms with van der Waals surface area (Å²) in [6, 6.07) is 22.5. The van der Waals surface area contributed by atoms with E-state index in [4.69, 9.17) is 0 Å². The van der Waals surface area contributed by atoms with Crippen LogP contribution < -0.4 is 16.4 Å². The summed E-state index contributed by atoms with van der Waals surface area (Å²) >= 11 is 0. The number of hydrogen-bond donors (Lipinski definition) is 0. The molecule has 4 aromatic rings. The van der Waals surface area contributed by atoms with Crippen LogP contribution in [0.15, 0.2) is 60.7 Å². The molecule has 0 fully saturated rings. The molecule has 0 aliphatic heterocycles. The van der Waals surface area contributed by atoms with Crippen LogP contribution in [-0.2, 0) is 5.41 Å². The van der Waals surface area contributed by atoms with Gasteiger partial charge in [-0.1, -0.05) is 118 Å². The van der Waals surface area contributed by atoms with Crippen LogP contribution in [0.2, 0.25) is 0 Å². The van der Waals surface area contributed by atoms with Crippen LogP contribution in [0.4, 0.5) is 0 Å². The van der Waals surface area contributed by atoms with Gasteiger partial charge < -0.3 is 0 Å². The molecule has 0 N–H and O–H groups in total. The minimum Gasteiger partial charge on any atom is -0.298 e. The smallest absolute Gasteiger partial charge is 0.242 e. The maximum atomic E-state index is 11.5. The fraction of sp³-hybridized carbons (Fsp3) is 0.265. The van der Waals surface area contributed by atoms with Gasteiger partial charge >= 0.3 is 0 Å². The Labute approximate surface area is 216 Å². The molecule has 2 heteroatoms. The highest BCUT2D eigenvalue weighted by molar-refractivity contribution is 6.96. The van der Waals surface area contributed by atoms with Crippen molar-refractivity contribution in [1.29, 1.82) is 0 Å². The molecule has 0 saturated carbocycles. The van der Waals surface area contributed by atoms with E-state index in [1.165, 1.54) is 72.0 Å². The summed E-state index contributed by atoms with van der Waals surface area (Å²) in [5, 5.41) is 0.